The first-order valence-electron chi connectivity index (χ1n) is 10.2. The average molecular weight is 377 g/mol. The van der Waals surface area contributed by atoms with Crippen molar-refractivity contribution in [3.05, 3.63) is 59.2 Å². The first-order valence-corrected chi connectivity index (χ1v) is 10.2. The number of amides is 1. The molecule has 1 aliphatic carbocycles. The van der Waals surface area contributed by atoms with Gasteiger partial charge in [-0.25, -0.2) is 0 Å². The molecular formula is C23H27N3O2. The van der Waals surface area contributed by atoms with E-state index in [-0.39, 0.29) is 11.8 Å². The zero-order chi connectivity index (χ0) is 19.3. The van der Waals surface area contributed by atoms with Gasteiger partial charge in [-0.1, -0.05) is 30.3 Å². The minimum Gasteiger partial charge on any atom is -0.496 e. The first-order chi connectivity index (χ1) is 13.7. The predicted molar refractivity (Wildman–Crippen MR) is 110 cm³/mol. The molecule has 0 radical (unpaired) electrons. The molecule has 5 rings (SSSR count). The van der Waals surface area contributed by atoms with E-state index < -0.39 is 0 Å². The van der Waals surface area contributed by atoms with E-state index in [9.17, 15) is 4.79 Å². The highest BCUT2D eigenvalue weighted by Gasteiger charge is 2.50. The molecule has 1 saturated carbocycles. The lowest BCUT2D eigenvalue weighted by atomic mass is 9.97. The molecule has 0 bridgehead atoms. The van der Waals surface area contributed by atoms with E-state index in [0.717, 1.165) is 42.9 Å². The summed E-state index contributed by atoms with van der Waals surface area (Å²) in [4.78, 5) is 14.3. The van der Waals surface area contributed by atoms with Crippen molar-refractivity contribution in [1.82, 2.24) is 10.6 Å². The largest absolute Gasteiger partial charge is 0.496 e. The van der Waals surface area contributed by atoms with Gasteiger partial charge in [0.25, 0.3) is 0 Å². The van der Waals surface area contributed by atoms with Gasteiger partial charge in [0.15, 0.2) is 0 Å². The fraction of sp³-hybridized carbons (Fsp3) is 0.435. The van der Waals surface area contributed by atoms with Crippen LogP contribution in [0.2, 0.25) is 0 Å². The van der Waals surface area contributed by atoms with E-state index in [1.54, 1.807) is 7.11 Å². The number of nitrogens with one attached hydrogen (secondary N) is 2. The van der Waals surface area contributed by atoms with Crippen LogP contribution in [-0.2, 0) is 11.3 Å². The predicted octanol–water partition coefficient (Wildman–Crippen LogP) is 2.97. The smallest absolute Gasteiger partial charge is 0.230 e. The van der Waals surface area contributed by atoms with Crippen LogP contribution in [0.3, 0.4) is 0 Å². The highest BCUT2D eigenvalue weighted by molar-refractivity contribution is 6.01. The second-order valence-corrected chi connectivity index (χ2v) is 8.19. The Kier molecular flexibility index (Phi) is 4.37. The summed E-state index contributed by atoms with van der Waals surface area (Å²) in [7, 11) is 3.63. The Labute approximate surface area is 166 Å². The highest BCUT2D eigenvalue weighted by Crippen LogP contribution is 2.56. The standard InChI is InChI=1S/C23H27N3O2/c1-26-20-10-15(21(28-2)12-17(20)16-11-18(16)23(26)27)13-25-19-8-9-24-22(19)14-6-4-3-5-7-14/h3-7,10,12,16,18-19,22,24-25H,8-9,11,13H2,1-2H3/t16-,18-,19?,22?/m0/s1. The summed E-state index contributed by atoms with van der Waals surface area (Å²) >= 11 is 0. The van der Waals surface area contributed by atoms with Crippen molar-refractivity contribution in [2.75, 3.05) is 25.6 Å². The minimum absolute atomic E-state index is 0.183. The lowest BCUT2D eigenvalue weighted by Gasteiger charge is -2.27. The second kappa shape index (κ2) is 6.90. The Morgan fingerprint density at radius 2 is 2.04 bits per heavy atom. The molecule has 3 aliphatic rings. The summed E-state index contributed by atoms with van der Waals surface area (Å²) in [6, 6.07) is 15.6. The molecule has 1 saturated heterocycles. The van der Waals surface area contributed by atoms with E-state index in [2.05, 4.69) is 53.1 Å². The normalized spacial score (nSPS) is 28.1. The number of nitrogens with zero attached hydrogens (tertiary/aromatic N) is 1. The number of hydrogen-bond donors (Lipinski definition) is 2. The van der Waals surface area contributed by atoms with Crippen LogP contribution in [0, 0.1) is 5.92 Å². The number of carbonyl (C=O) groups is 1. The molecule has 5 heteroatoms. The van der Waals surface area contributed by atoms with Crippen LogP contribution in [-0.4, -0.2) is 32.7 Å². The molecule has 2 aliphatic heterocycles. The van der Waals surface area contributed by atoms with Gasteiger partial charge in [0, 0.05) is 42.8 Å². The van der Waals surface area contributed by atoms with Crippen molar-refractivity contribution in [2.24, 2.45) is 5.92 Å². The van der Waals surface area contributed by atoms with Crippen LogP contribution < -0.4 is 20.3 Å². The summed E-state index contributed by atoms with van der Waals surface area (Å²) in [6.07, 6.45) is 2.07. The van der Waals surface area contributed by atoms with Gasteiger partial charge in [-0.15, -0.1) is 0 Å². The van der Waals surface area contributed by atoms with Gasteiger partial charge < -0.3 is 20.3 Å². The van der Waals surface area contributed by atoms with Crippen LogP contribution in [0.4, 0.5) is 5.69 Å². The first kappa shape index (κ1) is 17.7. The van der Waals surface area contributed by atoms with Gasteiger partial charge in [-0.05, 0) is 48.6 Å². The topological polar surface area (TPSA) is 53.6 Å². The number of carbonyl (C=O) groups excluding carboxylic acids is 1. The van der Waals surface area contributed by atoms with Gasteiger partial charge >= 0.3 is 0 Å². The van der Waals surface area contributed by atoms with Crippen LogP contribution >= 0.6 is 0 Å². The summed E-state index contributed by atoms with van der Waals surface area (Å²) in [6.45, 7) is 1.74. The molecule has 2 aromatic carbocycles. The molecule has 2 fully saturated rings. The fourth-order valence-electron chi connectivity index (χ4n) is 4.90. The van der Waals surface area contributed by atoms with Gasteiger partial charge in [-0.3, -0.25) is 4.79 Å². The molecule has 2 heterocycles. The molecule has 4 atom stereocenters. The van der Waals surface area contributed by atoms with E-state index >= 15 is 0 Å². The summed E-state index contributed by atoms with van der Waals surface area (Å²) in [5.74, 6) is 1.74. The van der Waals surface area contributed by atoms with Crippen LogP contribution in [0.5, 0.6) is 5.75 Å². The van der Waals surface area contributed by atoms with Gasteiger partial charge in [0.05, 0.1) is 7.11 Å². The van der Waals surface area contributed by atoms with Crippen molar-refractivity contribution >= 4 is 11.6 Å². The summed E-state index contributed by atoms with van der Waals surface area (Å²) in [5, 5.41) is 7.35. The van der Waals surface area contributed by atoms with Crippen molar-refractivity contribution in [3.63, 3.8) is 0 Å². The van der Waals surface area contributed by atoms with Crippen molar-refractivity contribution in [2.45, 2.75) is 37.4 Å². The van der Waals surface area contributed by atoms with Crippen LogP contribution in [0.15, 0.2) is 42.5 Å². The Morgan fingerprint density at radius 3 is 2.82 bits per heavy atom. The molecule has 0 aromatic heterocycles. The third-order valence-electron chi connectivity index (χ3n) is 6.56. The number of methoxy groups -OCH3 is 1. The third-order valence-corrected chi connectivity index (χ3v) is 6.56. The second-order valence-electron chi connectivity index (χ2n) is 8.19. The fourth-order valence-corrected chi connectivity index (χ4v) is 4.90. The Hall–Kier alpha value is -2.37. The van der Waals surface area contributed by atoms with Crippen molar-refractivity contribution in [1.29, 1.82) is 0 Å². The van der Waals surface area contributed by atoms with Crippen LogP contribution in [0.1, 0.15) is 41.5 Å². The molecule has 2 unspecified atom stereocenters. The molecule has 5 nitrogen and oxygen atoms in total. The zero-order valence-corrected chi connectivity index (χ0v) is 16.4. The maximum atomic E-state index is 12.4. The Morgan fingerprint density at radius 1 is 1.21 bits per heavy atom. The van der Waals surface area contributed by atoms with Crippen molar-refractivity contribution < 1.29 is 9.53 Å². The number of anilines is 1. The number of rotatable bonds is 5. The quantitative estimate of drug-likeness (QED) is 0.841. The summed E-state index contributed by atoms with van der Waals surface area (Å²) in [5.41, 5.74) is 4.74. The Bertz CT molecular complexity index is 898. The molecule has 1 amide bonds. The van der Waals surface area contributed by atoms with E-state index in [4.69, 9.17) is 4.74 Å². The lowest BCUT2D eigenvalue weighted by molar-refractivity contribution is -0.119. The summed E-state index contributed by atoms with van der Waals surface area (Å²) < 4.78 is 5.71. The molecule has 2 aromatic rings. The molecule has 146 valence electrons. The minimum atomic E-state index is 0.183. The van der Waals surface area contributed by atoms with E-state index in [0.29, 0.717) is 18.0 Å². The van der Waals surface area contributed by atoms with Gasteiger partial charge in [0.1, 0.15) is 5.75 Å². The average Bonchev–Trinajstić information content (AvgIpc) is 3.40. The number of fused-ring (bicyclic) bond motifs is 3. The molecule has 0 spiro atoms. The van der Waals surface area contributed by atoms with Gasteiger partial charge in [0.2, 0.25) is 5.91 Å². The SMILES string of the molecule is COc1cc2c(cc1CNC1CCNC1c1ccccc1)N(C)C(=O)[C@H]1C[C@@H]21. The van der Waals surface area contributed by atoms with E-state index in [1.165, 1.54) is 11.1 Å². The monoisotopic (exact) mass is 377 g/mol. The number of benzene rings is 2. The molecule has 28 heavy (non-hydrogen) atoms. The molecule has 2 N–H and O–H groups in total. The van der Waals surface area contributed by atoms with Crippen LogP contribution in [0.25, 0.3) is 0 Å². The van der Waals surface area contributed by atoms with Gasteiger partial charge in [-0.2, -0.15) is 0 Å². The van der Waals surface area contributed by atoms with Crippen molar-refractivity contribution in [3.8, 4) is 5.75 Å². The maximum Gasteiger partial charge on any atom is 0.230 e. The highest BCUT2D eigenvalue weighted by atomic mass is 16.5. The van der Waals surface area contributed by atoms with E-state index in [1.807, 2.05) is 11.9 Å². The maximum absolute atomic E-state index is 12.4. The number of hydrogen-bond acceptors (Lipinski definition) is 4. The Balaban J connectivity index is 1.37. The number of ether oxygens (including phenoxy) is 1. The third kappa shape index (κ3) is 2.90. The lowest BCUT2D eigenvalue weighted by Crippen LogP contribution is -2.34. The zero-order valence-electron chi connectivity index (χ0n) is 16.4. The molecular weight excluding hydrogens is 350 g/mol.